The van der Waals surface area contributed by atoms with Gasteiger partial charge in [-0.2, -0.15) is 0 Å². The maximum atomic E-state index is 12.9. The summed E-state index contributed by atoms with van der Waals surface area (Å²) in [7, 11) is 0. The zero-order valence-corrected chi connectivity index (χ0v) is 22.0. The lowest BCUT2D eigenvalue weighted by atomic mass is 9.99. The van der Waals surface area contributed by atoms with Crippen LogP contribution in [0.15, 0.2) is 30.6 Å². The monoisotopic (exact) mass is 543 g/mol. The number of phenols is 1. The summed E-state index contributed by atoms with van der Waals surface area (Å²) in [6.45, 7) is 4.42. The fraction of sp³-hybridized carbons (Fsp3) is 0.423. The Morgan fingerprint density at radius 3 is 2.81 bits per heavy atom. The molecule has 0 radical (unpaired) electrons. The Balaban J connectivity index is 1.16. The highest BCUT2D eigenvalue weighted by Gasteiger charge is 2.32. The van der Waals surface area contributed by atoms with Gasteiger partial charge in [-0.3, -0.25) is 9.69 Å². The van der Waals surface area contributed by atoms with Crippen molar-refractivity contribution in [3.63, 3.8) is 0 Å². The fourth-order valence-electron chi connectivity index (χ4n) is 5.87. The van der Waals surface area contributed by atoms with Gasteiger partial charge < -0.3 is 15.3 Å². The number of carbonyl (C=O) groups is 1. The van der Waals surface area contributed by atoms with E-state index in [0.29, 0.717) is 24.6 Å². The standard InChI is InChI=1S/C26H27Cl2N5O2S/c27-19-9-17(10-20(34)24(19)28)31-25-23-18-5-7-33(13-21(18)36-26(23)30-14-29-25)22(35)2-1-6-32-11-15-3-4-16(8-15)12-32/h1-2,9-10,14-16,34H,3-8,11-13H2,(H,29,30,31). The molecule has 2 aromatic heterocycles. The molecule has 188 valence electrons. The minimum Gasteiger partial charge on any atom is -0.506 e. The molecule has 7 nitrogen and oxygen atoms in total. The number of aromatic nitrogens is 2. The normalized spacial score (nSPS) is 21.9. The highest BCUT2D eigenvalue weighted by molar-refractivity contribution is 7.19. The molecule has 2 bridgehead atoms. The number of amides is 1. The molecule has 2 unspecified atom stereocenters. The van der Waals surface area contributed by atoms with Crippen LogP contribution >= 0.6 is 34.5 Å². The zero-order chi connectivity index (χ0) is 24.8. The van der Waals surface area contributed by atoms with Crippen molar-refractivity contribution in [3.8, 4) is 5.75 Å². The molecule has 2 atom stereocenters. The molecular formula is C26H27Cl2N5O2S. The summed E-state index contributed by atoms with van der Waals surface area (Å²) in [6.07, 6.45) is 10.2. The number of aromatic hydroxyl groups is 1. The highest BCUT2D eigenvalue weighted by atomic mass is 35.5. The SMILES string of the molecule is O=C(C=CCN1CC2CCC(C2)C1)N1CCc2c(sc3ncnc(Nc4cc(O)c(Cl)c(Cl)c4)c23)C1. The molecule has 1 aliphatic carbocycles. The van der Waals surface area contributed by atoms with Gasteiger partial charge in [-0.25, -0.2) is 9.97 Å². The number of nitrogens with zero attached hydrogens (tertiary/aromatic N) is 4. The number of thiophene rings is 1. The zero-order valence-electron chi connectivity index (χ0n) is 19.7. The second kappa shape index (κ2) is 9.82. The molecule has 6 rings (SSSR count). The van der Waals surface area contributed by atoms with Crippen molar-refractivity contribution in [2.75, 3.05) is 31.5 Å². The average Bonchev–Trinajstić information content (AvgIpc) is 3.41. The van der Waals surface area contributed by atoms with Gasteiger partial charge in [-0.15, -0.1) is 11.3 Å². The first kappa shape index (κ1) is 24.0. The maximum Gasteiger partial charge on any atom is 0.246 e. The third-order valence-electron chi connectivity index (χ3n) is 7.53. The van der Waals surface area contributed by atoms with Gasteiger partial charge in [0.25, 0.3) is 0 Å². The Morgan fingerprint density at radius 1 is 1.22 bits per heavy atom. The Morgan fingerprint density at radius 2 is 2.03 bits per heavy atom. The summed E-state index contributed by atoms with van der Waals surface area (Å²) >= 11 is 13.7. The largest absolute Gasteiger partial charge is 0.506 e. The molecule has 1 aromatic carbocycles. The number of anilines is 2. The minimum atomic E-state index is -0.0980. The van der Waals surface area contributed by atoms with Crippen molar-refractivity contribution >= 4 is 62.2 Å². The third-order valence-corrected chi connectivity index (χ3v) is 9.44. The van der Waals surface area contributed by atoms with E-state index >= 15 is 0 Å². The highest BCUT2D eigenvalue weighted by Crippen LogP contribution is 2.40. The van der Waals surface area contributed by atoms with Crippen molar-refractivity contribution in [2.24, 2.45) is 11.8 Å². The number of hydrogen-bond acceptors (Lipinski definition) is 7. The van der Waals surface area contributed by atoms with Crippen molar-refractivity contribution in [2.45, 2.75) is 32.2 Å². The summed E-state index contributed by atoms with van der Waals surface area (Å²) in [5.41, 5.74) is 1.75. The molecule has 2 N–H and O–H groups in total. The van der Waals surface area contributed by atoms with Crippen molar-refractivity contribution < 1.29 is 9.90 Å². The Hall–Kier alpha value is -2.39. The summed E-state index contributed by atoms with van der Waals surface area (Å²) in [5, 5.41) is 14.6. The molecule has 2 aliphatic heterocycles. The summed E-state index contributed by atoms with van der Waals surface area (Å²) < 4.78 is 0. The summed E-state index contributed by atoms with van der Waals surface area (Å²) in [4.78, 5) is 28.3. The lowest BCUT2D eigenvalue weighted by Crippen LogP contribution is -2.37. The van der Waals surface area contributed by atoms with Crippen LogP contribution in [0, 0.1) is 11.8 Å². The van der Waals surface area contributed by atoms with Crippen LogP contribution in [0.4, 0.5) is 11.5 Å². The van der Waals surface area contributed by atoms with Gasteiger partial charge in [-0.05, 0) is 49.1 Å². The van der Waals surface area contributed by atoms with Crippen LogP contribution in [0.5, 0.6) is 5.75 Å². The number of halogens is 2. The van der Waals surface area contributed by atoms with Crippen LogP contribution in [-0.2, 0) is 17.8 Å². The first-order valence-corrected chi connectivity index (χ1v) is 13.9. The second-order valence-corrected chi connectivity index (χ2v) is 11.9. The van der Waals surface area contributed by atoms with Crippen molar-refractivity contribution in [3.05, 3.63) is 51.1 Å². The number of benzene rings is 1. The Bertz CT molecular complexity index is 1320. The fourth-order valence-corrected chi connectivity index (χ4v) is 7.39. The Kier molecular flexibility index (Phi) is 6.54. The van der Waals surface area contributed by atoms with E-state index < -0.39 is 0 Å². The van der Waals surface area contributed by atoms with E-state index in [-0.39, 0.29) is 21.7 Å². The number of piperidine rings is 1. The molecule has 3 aliphatic rings. The van der Waals surface area contributed by atoms with Crippen LogP contribution in [0.2, 0.25) is 10.0 Å². The molecule has 1 saturated heterocycles. The van der Waals surface area contributed by atoms with E-state index in [1.54, 1.807) is 23.5 Å². The summed E-state index contributed by atoms with van der Waals surface area (Å²) in [6, 6.07) is 3.17. The number of rotatable bonds is 5. The van der Waals surface area contributed by atoms with Crippen LogP contribution in [-0.4, -0.2) is 57.0 Å². The molecule has 4 heterocycles. The quantitative estimate of drug-likeness (QED) is 0.406. The van der Waals surface area contributed by atoms with E-state index in [4.69, 9.17) is 23.2 Å². The number of phenolic OH excluding ortho intramolecular Hbond substituents is 1. The van der Waals surface area contributed by atoms with E-state index in [1.807, 2.05) is 11.0 Å². The number of carbonyl (C=O) groups excluding carboxylic acids is 1. The molecule has 36 heavy (non-hydrogen) atoms. The van der Waals surface area contributed by atoms with Crippen LogP contribution < -0.4 is 5.32 Å². The predicted octanol–water partition coefficient (Wildman–Crippen LogP) is 5.62. The maximum absolute atomic E-state index is 12.9. The van der Waals surface area contributed by atoms with Crippen LogP contribution in [0.1, 0.15) is 29.7 Å². The van der Waals surface area contributed by atoms with Crippen LogP contribution in [0.25, 0.3) is 10.2 Å². The molecule has 1 amide bonds. The molecule has 0 spiro atoms. The minimum absolute atomic E-state index is 0.0637. The molecule has 1 saturated carbocycles. The van der Waals surface area contributed by atoms with E-state index in [9.17, 15) is 9.90 Å². The van der Waals surface area contributed by atoms with E-state index in [0.717, 1.165) is 39.9 Å². The molecule has 3 aromatic rings. The predicted molar refractivity (Wildman–Crippen MR) is 144 cm³/mol. The van der Waals surface area contributed by atoms with Gasteiger partial charge >= 0.3 is 0 Å². The smallest absolute Gasteiger partial charge is 0.246 e. The van der Waals surface area contributed by atoms with Crippen molar-refractivity contribution in [1.29, 1.82) is 0 Å². The number of likely N-dealkylation sites (tertiary alicyclic amines) is 1. The van der Waals surface area contributed by atoms with Gasteiger partial charge in [-0.1, -0.05) is 29.3 Å². The van der Waals surface area contributed by atoms with E-state index in [2.05, 4.69) is 20.2 Å². The molecular weight excluding hydrogens is 517 g/mol. The van der Waals surface area contributed by atoms with Gasteiger partial charge in [0.1, 0.15) is 27.7 Å². The molecule has 2 fully saturated rings. The summed E-state index contributed by atoms with van der Waals surface area (Å²) in [5.74, 6) is 2.32. The average molecular weight is 545 g/mol. The third kappa shape index (κ3) is 4.67. The van der Waals surface area contributed by atoms with Gasteiger partial charge in [0.05, 0.1) is 17.0 Å². The first-order valence-electron chi connectivity index (χ1n) is 12.3. The first-order chi connectivity index (χ1) is 17.4. The van der Waals surface area contributed by atoms with Gasteiger partial charge in [0.15, 0.2) is 0 Å². The van der Waals surface area contributed by atoms with Gasteiger partial charge in [0, 0.05) is 48.9 Å². The number of fused-ring (bicyclic) bond motifs is 5. The van der Waals surface area contributed by atoms with Crippen molar-refractivity contribution in [1.82, 2.24) is 19.8 Å². The van der Waals surface area contributed by atoms with E-state index in [1.165, 1.54) is 50.3 Å². The lowest BCUT2D eigenvalue weighted by molar-refractivity contribution is -0.126. The second-order valence-electron chi connectivity index (χ2n) is 10.00. The van der Waals surface area contributed by atoms with Gasteiger partial charge in [0.2, 0.25) is 5.91 Å². The van der Waals surface area contributed by atoms with Crippen LogP contribution in [0.3, 0.4) is 0 Å². The lowest BCUT2D eigenvalue weighted by Gasteiger charge is -2.30. The number of hydrogen-bond donors (Lipinski definition) is 2. The molecule has 10 heteroatoms. The Labute approximate surface area is 223 Å². The number of nitrogens with one attached hydrogen (secondary N) is 1. The topological polar surface area (TPSA) is 81.6 Å².